The molecule has 0 saturated heterocycles. The Morgan fingerprint density at radius 1 is 1.00 bits per heavy atom. The minimum Gasteiger partial charge on any atom is -0.497 e. The number of carbonyl (C=O) groups is 1. The van der Waals surface area contributed by atoms with Crippen LogP contribution in [0.4, 0.5) is 0 Å². The molecule has 1 aliphatic heterocycles. The standard InChI is InChI=1S/2C8H8O2/c1-9-7-2-3-8-6(4-7)5-10-8;1-10-8-4-2-7(6-9)3-5-8/h2-4H,5H2,1H3;2-6H,1H3. The van der Waals surface area contributed by atoms with Crippen molar-refractivity contribution in [2.45, 2.75) is 6.61 Å². The summed E-state index contributed by atoms with van der Waals surface area (Å²) in [5.74, 6) is 2.66. The highest BCUT2D eigenvalue weighted by atomic mass is 16.5. The first-order valence-corrected chi connectivity index (χ1v) is 6.15. The molecule has 0 aromatic heterocycles. The first-order valence-electron chi connectivity index (χ1n) is 6.15. The molecule has 1 heterocycles. The fourth-order valence-corrected chi connectivity index (χ4v) is 1.69. The predicted molar refractivity (Wildman–Crippen MR) is 75.7 cm³/mol. The first-order chi connectivity index (χ1) is 9.76. The lowest BCUT2D eigenvalue weighted by Gasteiger charge is -2.20. The topological polar surface area (TPSA) is 44.8 Å². The van der Waals surface area contributed by atoms with E-state index in [1.165, 1.54) is 5.56 Å². The van der Waals surface area contributed by atoms with Gasteiger partial charge in [-0.15, -0.1) is 0 Å². The second-order valence-corrected chi connectivity index (χ2v) is 4.15. The van der Waals surface area contributed by atoms with Crippen LogP contribution in [0.5, 0.6) is 17.2 Å². The van der Waals surface area contributed by atoms with Gasteiger partial charge in [-0.2, -0.15) is 0 Å². The zero-order chi connectivity index (χ0) is 14.4. The smallest absolute Gasteiger partial charge is 0.150 e. The quantitative estimate of drug-likeness (QED) is 0.805. The molecule has 3 rings (SSSR count). The van der Waals surface area contributed by atoms with Crippen molar-refractivity contribution in [3.05, 3.63) is 53.6 Å². The SMILES string of the molecule is COc1ccc(C=O)cc1.COc1ccc2c(c1)CO2. The van der Waals surface area contributed by atoms with E-state index in [9.17, 15) is 4.79 Å². The molecule has 0 fully saturated rings. The Morgan fingerprint density at radius 3 is 2.10 bits per heavy atom. The highest BCUT2D eigenvalue weighted by Crippen LogP contribution is 2.31. The fraction of sp³-hybridized carbons (Fsp3) is 0.188. The van der Waals surface area contributed by atoms with Crippen molar-refractivity contribution in [2.75, 3.05) is 14.2 Å². The monoisotopic (exact) mass is 272 g/mol. The Bertz CT molecular complexity index is 576. The van der Waals surface area contributed by atoms with E-state index in [-0.39, 0.29) is 0 Å². The van der Waals surface area contributed by atoms with E-state index in [1.807, 2.05) is 18.2 Å². The van der Waals surface area contributed by atoms with Gasteiger partial charge in [-0.25, -0.2) is 0 Å². The molecular weight excluding hydrogens is 256 g/mol. The third-order valence-electron chi connectivity index (χ3n) is 2.90. The Labute approximate surface area is 117 Å². The number of aldehydes is 1. The van der Waals surface area contributed by atoms with Crippen molar-refractivity contribution >= 4 is 6.29 Å². The molecule has 0 aliphatic carbocycles. The van der Waals surface area contributed by atoms with Gasteiger partial charge >= 0.3 is 0 Å². The minimum absolute atomic E-state index is 0.667. The second kappa shape index (κ2) is 6.61. The van der Waals surface area contributed by atoms with E-state index in [1.54, 1.807) is 38.5 Å². The Balaban J connectivity index is 0.000000147. The fourth-order valence-electron chi connectivity index (χ4n) is 1.69. The molecule has 0 radical (unpaired) electrons. The number of carbonyl (C=O) groups excluding carboxylic acids is 1. The minimum atomic E-state index is 0.667. The van der Waals surface area contributed by atoms with Crippen LogP contribution >= 0.6 is 0 Å². The number of ether oxygens (including phenoxy) is 3. The van der Waals surface area contributed by atoms with Crippen LogP contribution in [-0.4, -0.2) is 20.5 Å². The van der Waals surface area contributed by atoms with E-state index in [4.69, 9.17) is 14.2 Å². The summed E-state index contributed by atoms with van der Waals surface area (Å²) in [5.41, 5.74) is 1.90. The number of methoxy groups -OCH3 is 2. The van der Waals surface area contributed by atoms with E-state index >= 15 is 0 Å². The lowest BCUT2D eigenvalue weighted by Crippen LogP contribution is -2.08. The molecule has 104 valence electrons. The van der Waals surface area contributed by atoms with Gasteiger partial charge in [0.1, 0.15) is 30.1 Å². The van der Waals surface area contributed by atoms with Crippen LogP contribution in [0.2, 0.25) is 0 Å². The first kappa shape index (κ1) is 13.9. The molecule has 2 aromatic carbocycles. The number of hydrogen-bond acceptors (Lipinski definition) is 4. The van der Waals surface area contributed by atoms with Crippen LogP contribution in [0.3, 0.4) is 0 Å². The molecule has 0 N–H and O–H groups in total. The van der Waals surface area contributed by atoms with Crippen molar-refractivity contribution in [3.8, 4) is 17.2 Å². The number of benzene rings is 2. The molecule has 0 atom stereocenters. The number of rotatable bonds is 3. The summed E-state index contributed by atoms with van der Waals surface area (Å²) < 4.78 is 15.0. The largest absolute Gasteiger partial charge is 0.497 e. The van der Waals surface area contributed by atoms with Crippen molar-refractivity contribution < 1.29 is 19.0 Å². The molecule has 4 heteroatoms. The maximum absolute atomic E-state index is 10.2. The summed E-state index contributed by atoms with van der Waals surface area (Å²) >= 11 is 0. The van der Waals surface area contributed by atoms with Gasteiger partial charge < -0.3 is 14.2 Å². The van der Waals surface area contributed by atoms with E-state index in [0.29, 0.717) is 5.56 Å². The van der Waals surface area contributed by atoms with E-state index < -0.39 is 0 Å². The molecule has 20 heavy (non-hydrogen) atoms. The Kier molecular flexibility index (Phi) is 4.60. The maximum atomic E-state index is 10.2. The molecule has 0 bridgehead atoms. The summed E-state index contributed by atoms with van der Waals surface area (Å²) in [7, 11) is 3.26. The van der Waals surface area contributed by atoms with Gasteiger partial charge in [0.2, 0.25) is 0 Å². The summed E-state index contributed by atoms with van der Waals surface area (Å²) in [4.78, 5) is 10.2. The number of hydrogen-bond donors (Lipinski definition) is 0. The lowest BCUT2D eigenvalue weighted by molar-refractivity contribution is 0.112. The van der Waals surface area contributed by atoms with Gasteiger partial charge in [0.05, 0.1) is 14.2 Å². The van der Waals surface area contributed by atoms with Crippen molar-refractivity contribution in [1.29, 1.82) is 0 Å². The third-order valence-corrected chi connectivity index (χ3v) is 2.90. The summed E-state index contributed by atoms with van der Waals surface area (Å²) in [5, 5.41) is 0. The third kappa shape index (κ3) is 3.29. The van der Waals surface area contributed by atoms with Crippen LogP contribution in [0.25, 0.3) is 0 Å². The van der Waals surface area contributed by atoms with Crippen molar-refractivity contribution in [1.82, 2.24) is 0 Å². The van der Waals surface area contributed by atoms with Crippen LogP contribution in [0.15, 0.2) is 42.5 Å². The Morgan fingerprint density at radius 2 is 1.65 bits per heavy atom. The van der Waals surface area contributed by atoms with Crippen LogP contribution < -0.4 is 14.2 Å². The van der Waals surface area contributed by atoms with Crippen LogP contribution in [0.1, 0.15) is 15.9 Å². The summed E-state index contributed by atoms with van der Waals surface area (Å²) in [6, 6.07) is 12.8. The van der Waals surface area contributed by atoms with Gasteiger partial charge in [-0.1, -0.05) is 0 Å². The molecule has 1 aliphatic rings. The van der Waals surface area contributed by atoms with Crippen molar-refractivity contribution in [2.24, 2.45) is 0 Å². The normalized spacial score (nSPS) is 10.9. The molecule has 0 amide bonds. The van der Waals surface area contributed by atoms with Gasteiger partial charge in [-0.05, 0) is 42.5 Å². The maximum Gasteiger partial charge on any atom is 0.150 e. The Hall–Kier alpha value is -2.49. The lowest BCUT2D eigenvalue weighted by atomic mass is 10.1. The molecule has 0 saturated carbocycles. The van der Waals surface area contributed by atoms with E-state index in [0.717, 1.165) is 30.1 Å². The molecular formula is C16H16O4. The highest BCUT2D eigenvalue weighted by molar-refractivity contribution is 5.74. The van der Waals surface area contributed by atoms with Crippen molar-refractivity contribution in [3.63, 3.8) is 0 Å². The summed E-state index contributed by atoms with van der Waals surface area (Å²) in [6.07, 6.45) is 0.805. The number of fused-ring (bicyclic) bond motifs is 1. The van der Waals surface area contributed by atoms with E-state index in [2.05, 4.69) is 0 Å². The second-order valence-electron chi connectivity index (χ2n) is 4.15. The zero-order valence-electron chi connectivity index (χ0n) is 11.5. The van der Waals surface area contributed by atoms with Crippen LogP contribution in [0, 0.1) is 0 Å². The van der Waals surface area contributed by atoms with Gasteiger partial charge in [0, 0.05) is 11.1 Å². The average molecular weight is 272 g/mol. The summed E-state index contributed by atoms with van der Waals surface area (Å²) in [6.45, 7) is 0.729. The van der Waals surface area contributed by atoms with Gasteiger partial charge in [-0.3, -0.25) is 4.79 Å². The van der Waals surface area contributed by atoms with Gasteiger partial charge in [0.25, 0.3) is 0 Å². The molecule has 0 unspecified atom stereocenters. The predicted octanol–water partition coefficient (Wildman–Crippen LogP) is 3.10. The molecule has 0 spiro atoms. The van der Waals surface area contributed by atoms with Gasteiger partial charge in [0.15, 0.2) is 0 Å². The molecule has 2 aromatic rings. The molecule has 4 nitrogen and oxygen atoms in total. The zero-order valence-corrected chi connectivity index (χ0v) is 11.5. The average Bonchev–Trinajstić information content (AvgIpc) is 2.49. The highest BCUT2D eigenvalue weighted by Gasteiger charge is 2.13. The van der Waals surface area contributed by atoms with Crippen LogP contribution in [-0.2, 0) is 6.61 Å².